The highest BCUT2D eigenvalue weighted by molar-refractivity contribution is 5.75. The molecular weight excluding hydrogens is 232 g/mol. The van der Waals surface area contributed by atoms with Gasteiger partial charge in [0.25, 0.3) is 0 Å². The first-order chi connectivity index (χ1) is 8.72. The largest absolute Gasteiger partial charge is 0.383 e. The van der Waals surface area contributed by atoms with Crippen LogP contribution in [0.25, 0.3) is 0 Å². The third-order valence-corrected chi connectivity index (χ3v) is 3.11. The van der Waals surface area contributed by atoms with Crippen LogP contribution in [0.3, 0.4) is 0 Å². The van der Waals surface area contributed by atoms with E-state index in [1.807, 2.05) is 11.5 Å². The van der Waals surface area contributed by atoms with Crippen LogP contribution in [0, 0.1) is 6.92 Å². The minimum Gasteiger partial charge on any atom is -0.383 e. The second kappa shape index (κ2) is 5.97. The third-order valence-electron chi connectivity index (χ3n) is 3.11. The number of ether oxygens (including phenoxy) is 1. The molecule has 1 amide bonds. The predicted molar refractivity (Wildman–Crippen MR) is 67.3 cm³/mol. The van der Waals surface area contributed by atoms with Crippen molar-refractivity contribution in [1.82, 2.24) is 20.2 Å². The van der Waals surface area contributed by atoms with E-state index in [1.54, 1.807) is 7.11 Å². The number of fused-ring (bicyclic) bond motifs is 1. The molecule has 6 heteroatoms. The SMILES string of the molecule is COCCNC(=O)Cn1c(C)nc2c1CCNC2. The molecule has 0 atom stereocenters. The molecule has 2 heterocycles. The van der Waals surface area contributed by atoms with Gasteiger partial charge in [0.05, 0.1) is 12.3 Å². The molecule has 0 aliphatic carbocycles. The van der Waals surface area contributed by atoms with Gasteiger partial charge in [0.1, 0.15) is 12.4 Å². The fourth-order valence-electron chi connectivity index (χ4n) is 2.21. The Kier molecular flexibility index (Phi) is 4.33. The zero-order valence-electron chi connectivity index (χ0n) is 11.0. The van der Waals surface area contributed by atoms with Gasteiger partial charge in [0.2, 0.25) is 5.91 Å². The summed E-state index contributed by atoms with van der Waals surface area (Å²) in [6, 6.07) is 0. The summed E-state index contributed by atoms with van der Waals surface area (Å²) in [5, 5.41) is 6.11. The molecule has 0 aromatic carbocycles. The first kappa shape index (κ1) is 13.0. The van der Waals surface area contributed by atoms with Crippen molar-refractivity contribution < 1.29 is 9.53 Å². The molecule has 1 aliphatic heterocycles. The molecule has 1 aromatic rings. The van der Waals surface area contributed by atoms with Crippen molar-refractivity contribution in [1.29, 1.82) is 0 Å². The van der Waals surface area contributed by atoms with Gasteiger partial charge in [-0.3, -0.25) is 4.79 Å². The minimum absolute atomic E-state index is 0.00822. The highest BCUT2D eigenvalue weighted by Crippen LogP contribution is 2.15. The topological polar surface area (TPSA) is 68.2 Å². The zero-order valence-corrected chi connectivity index (χ0v) is 11.0. The Morgan fingerprint density at radius 2 is 2.44 bits per heavy atom. The molecule has 1 aliphatic rings. The Bertz CT molecular complexity index is 428. The first-order valence-electron chi connectivity index (χ1n) is 6.23. The van der Waals surface area contributed by atoms with Crippen LogP contribution in [0.15, 0.2) is 0 Å². The highest BCUT2D eigenvalue weighted by Gasteiger charge is 2.18. The highest BCUT2D eigenvalue weighted by atomic mass is 16.5. The number of nitrogens with zero attached hydrogens (tertiary/aromatic N) is 2. The third kappa shape index (κ3) is 2.88. The quantitative estimate of drug-likeness (QED) is 0.700. The van der Waals surface area contributed by atoms with E-state index in [0.717, 1.165) is 31.0 Å². The monoisotopic (exact) mass is 252 g/mol. The summed E-state index contributed by atoms with van der Waals surface area (Å²) in [5.41, 5.74) is 2.26. The summed E-state index contributed by atoms with van der Waals surface area (Å²) in [6.45, 7) is 5.13. The van der Waals surface area contributed by atoms with Crippen molar-refractivity contribution in [3.05, 3.63) is 17.2 Å². The van der Waals surface area contributed by atoms with Crippen LogP contribution >= 0.6 is 0 Å². The summed E-state index contributed by atoms with van der Waals surface area (Å²) in [7, 11) is 1.62. The van der Waals surface area contributed by atoms with Gasteiger partial charge in [-0.1, -0.05) is 0 Å². The summed E-state index contributed by atoms with van der Waals surface area (Å²) in [6.07, 6.45) is 0.932. The molecule has 2 rings (SSSR count). The number of aryl methyl sites for hydroxylation is 1. The van der Waals surface area contributed by atoms with Crippen molar-refractivity contribution in [2.24, 2.45) is 0 Å². The lowest BCUT2D eigenvalue weighted by Gasteiger charge is -2.15. The molecule has 0 spiro atoms. The maximum atomic E-state index is 11.8. The summed E-state index contributed by atoms with van der Waals surface area (Å²) in [5.74, 6) is 0.916. The Hall–Kier alpha value is -1.40. The number of aromatic nitrogens is 2. The second-order valence-electron chi connectivity index (χ2n) is 4.41. The molecular formula is C12H20N4O2. The second-order valence-corrected chi connectivity index (χ2v) is 4.41. The number of methoxy groups -OCH3 is 1. The molecule has 0 bridgehead atoms. The van der Waals surface area contributed by atoms with Gasteiger partial charge >= 0.3 is 0 Å². The maximum Gasteiger partial charge on any atom is 0.240 e. The Morgan fingerprint density at radius 3 is 3.22 bits per heavy atom. The summed E-state index contributed by atoms with van der Waals surface area (Å²) < 4.78 is 6.91. The standard InChI is InChI=1S/C12H20N4O2/c1-9-15-10-7-13-4-3-11(10)16(9)8-12(17)14-5-6-18-2/h13H,3-8H2,1-2H3,(H,14,17). The lowest BCUT2D eigenvalue weighted by Crippen LogP contribution is -2.32. The van der Waals surface area contributed by atoms with Crippen LogP contribution < -0.4 is 10.6 Å². The van der Waals surface area contributed by atoms with E-state index in [9.17, 15) is 4.79 Å². The molecule has 2 N–H and O–H groups in total. The van der Waals surface area contributed by atoms with Crippen LogP contribution in [0.4, 0.5) is 0 Å². The molecule has 6 nitrogen and oxygen atoms in total. The van der Waals surface area contributed by atoms with Gasteiger partial charge < -0.3 is 19.9 Å². The van der Waals surface area contributed by atoms with E-state index in [-0.39, 0.29) is 5.91 Å². The van der Waals surface area contributed by atoms with E-state index in [4.69, 9.17) is 4.74 Å². The van der Waals surface area contributed by atoms with Crippen molar-refractivity contribution in [2.75, 3.05) is 26.8 Å². The maximum absolute atomic E-state index is 11.8. The lowest BCUT2D eigenvalue weighted by molar-refractivity contribution is -0.121. The van der Waals surface area contributed by atoms with Crippen molar-refractivity contribution in [2.45, 2.75) is 26.4 Å². The number of carbonyl (C=O) groups is 1. The summed E-state index contributed by atoms with van der Waals surface area (Å²) >= 11 is 0. The normalized spacial score (nSPS) is 14.3. The number of hydrogen-bond donors (Lipinski definition) is 2. The number of nitrogens with one attached hydrogen (secondary N) is 2. The minimum atomic E-state index is 0.00822. The molecule has 0 saturated carbocycles. The Balaban J connectivity index is 2.00. The van der Waals surface area contributed by atoms with Gasteiger partial charge in [0, 0.05) is 38.9 Å². The Labute approximate surface area is 107 Å². The Morgan fingerprint density at radius 1 is 1.61 bits per heavy atom. The summed E-state index contributed by atoms with van der Waals surface area (Å²) in [4.78, 5) is 16.3. The average Bonchev–Trinajstić information content (AvgIpc) is 2.67. The van der Waals surface area contributed by atoms with Gasteiger partial charge in [-0.05, 0) is 6.92 Å². The van der Waals surface area contributed by atoms with E-state index in [2.05, 4.69) is 15.6 Å². The molecule has 18 heavy (non-hydrogen) atoms. The lowest BCUT2D eigenvalue weighted by atomic mass is 10.2. The number of carbonyl (C=O) groups excluding carboxylic acids is 1. The van der Waals surface area contributed by atoms with Gasteiger partial charge in [-0.2, -0.15) is 0 Å². The smallest absolute Gasteiger partial charge is 0.240 e. The van der Waals surface area contributed by atoms with Crippen molar-refractivity contribution in [3.63, 3.8) is 0 Å². The molecule has 0 unspecified atom stereocenters. The fourth-order valence-corrected chi connectivity index (χ4v) is 2.21. The van der Waals surface area contributed by atoms with Gasteiger partial charge in [0.15, 0.2) is 0 Å². The van der Waals surface area contributed by atoms with E-state index in [1.165, 1.54) is 5.69 Å². The van der Waals surface area contributed by atoms with Crippen LogP contribution in [0.5, 0.6) is 0 Å². The van der Waals surface area contributed by atoms with Crippen LogP contribution in [0.1, 0.15) is 17.2 Å². The van der Waals surface area contributed by atoms with Crippen LogP contribution in [-0.2, 0) is 29.0 Å². The number of rotatable bonds is 5. The van der Waals surface area contributed by atoms with Crippen molar-refractivity contribution >= 4 is 5.91 Å². The molecule has 0 saturated heterocycles. The fraction of sp³-hybridized carbons (Fsp3) is 0.667. The molecule has 0 radical (unpaired) electrons. The van der Waals surface area contributed by atoms with Gasteiger partial charge in [-0.25, -0.2) is 4.98 Å². The zero-order chi connectivity index (χ0) is 13.0. The van der Waals surface area contributed by atoms with Gasteiger partial charge in [-0.15, -0.1) is 0 Å². The average molecular weight is 252 g/mol. The first-order valence-corrected chi connectivity index (χ1v) is 6.23. The van der Waals surface area contributed by atoms with E-state index in [0.29, 0.717) is 19.7 Å². The van der Waals surface area contributed by atoms with E-state index < -0.39 is 0 Å². The molecule has 1 aromatic heterocycles. The number of hydrogen-bond acceptors (Lipinski definition) is 4. The van der Waals surface area contributed by atoms with Crippen LogP contribution in [-0.4, -0.2) is 42.3 Å². The predicted octanol–water partition coefficient (Wildman–Crippen LogP) is -0.400. The number of amides is 1. The van der Waals surface area contributed by atoms with E-state index >= 15 is 0 Å². The molecule has 0 fully saturated rings. The van der Waals surface area contributed by atoms with Crippen LogP contribution in [0.2, 0.25) is 0 Å². The molecule has 100 valence electrons. The van der Waals surface area contributed by atoms with Crippen molar-refractivity contribution in [3.8, 4) is 0 Å². The number of imidazole rings is 1.